The standard InChI is InChI=1S/C18H17FN4O/c1-12-4-3-5-14(8-12)10-20-18(24)17-11-23(22-21-17)15-6-7-16(19)13(2)9-15/h3-9,11H,10H2,1-2H3,(H,20,24). The quantitative estimate of drug-likeness (QED) is 0.803. The molecule has 6 heteroatoms. The Balaban J connectivity index is 1.70. The largest absolute Gasteiger partial charge is 0.347 e. The number of carbonyl (C=O) groups excluding carboxylic acids is 1. The average molecular weight is 324 g/mol. The van der Waals surface area contributed by atoms with Crippen molar-refractivity contribution in [3.8, 4) is 5.69 Å². The Kier molecular flexibility index (Phi) is 4.37. The highest BCUT2D eigenvalue weighted by Crippen LogP contribution is 2.13. The van der Waals surface area contributed by atoms with E-state index < -0.39 is 0 Å². The van der Waals surface area contributed by atoms with E-state index in [1.54, 1.807) is 19.1 Å². The first-order chi connectivity index (χ1) is 11.5. The lowest BCUT2D eigenvalue weighted by molar-refractivity contribution is 0.0946. The van der Waals surface area contributed by atoms with Crippen LogP contribution < -0.4 is 5.32 Å². The van der Waals surface area contributed by atoms with Gasteiger partial charge >= 0.3 is 0 Å². The van der Waals surface area contributed by atoms with Gasteiger partial charge in [0, 0.05) is 6.54 Å². The lowest BCUT2D eigenvalue weighted by Crippen LogP contribution is -2.23. The summed E-state index contributed by atoms with van der Waals surface area (Å²) in [6, 6.07) is 12.5. The van der Waals surface area contributed by atoms with E-state index in [1.807, 2.05) is 31.2 Å². The summed E-state index contributed by atoms with van der Waals surface area (Å²) < 4.78 is 14.8. The molecule has 1 aromatic heterocycles. The smallest absolute Gasteiger partial charge is 0.273 e. The number of rotatable bonds is 4. The van der Waals surface area contributed by atoms with Gasteiger partial charge in [0.25, 0.3) is 5.91 Å². The van der Waals surface area contributed by atoms with Crippen molar-refractivity contribution in [2.75, 3.05) is 0 Å². The number of aryl methyl sites for hydroxylation is 2. The highest BCUT2D eigenvalue weighted by molar-refractivity contribution is 5.91. The zero-order valence-electron chi connectivity index (χ0n) is 13.5. The molecule has 0 saturated carbocycles. The SMILES string of the molecule is Cc1cccc(CNC(=O)c2cn(-c3ccc(F)c(C)c3)nn2)c1. The Hall–Kier alpha value is -3.02. The third-order valence-corrected chi connectivity index (χ3v) is 3.67. The predicted molar refractivity (Wildman–Crippen MR) is 88.4 cm³/mol. The summed E-state index contributed by atoms with van der Waals surface area (Å²) in [5.41, 5.74) is 3.53. The predicted octanol–water partition coefficient (Wildman–Crippen LogP) is 2.95. The van der Waals surface area contributed by atoms with E-state index in [2.05, 4.69) is 15.6 Å². The van der Waals surface area contributed by atoms with Crippen molar-refractivity contribution in [2.24, 2.45) is 0 Å². The first-order valence-electron chi connectivity index (χ1n) is 7.55. The maximum atomic E-state index is 13.3. The summed E-state index contributed by atoms with van der Waals surface area (Å²) in [6.45, 7) is 4.09. The molecule has 3 rings (SSSR count). The first kappa shape index (κ1) is 15.9. The number of hydrogen-bond acceptors (Lipinski definition) is 3. The van der Waals surface area contributed by atoms with Crippen molar-refractivity contribution >= 4 is 5.91 Å². The van der Waals surface area contributed by atoms with Gasteiger partial charge in [0.2, 0.25) is 0 Å². The monoisotopic (exact) mass is 324 g/mol. The first-order valence-corrected chi connectivity index (χ1v) is 7.55. The van der Waals surface area contributed by atoms with Crippen LogP contribution in [0.15, 0.2) is 48.7 Å². The van der Waals surface area contributed by atoms with Crippen LogP contribution in [0.25, 0.3) is 5.69 Å². The summed E-state index contributed by atoms with van der Waals surface area (Å²) in [7, 11) is 0. The molecule has 0 aliphatic rings. The van der Waals surface area contributed by atoms with Crippen molar-refractivity contribution in [1.82, 2.24) is 20.3 Å². The Morgan fingerprint density at radius 3 is 2.79 bits per heavy atom. The van der Waals surface area contributed by atoms with Gasteiger partial charge in [-0.2, -0.15) is 0 Å². The van der Waals surface area contributed by atoms with Crippen LogP contribution in [-0.2, 0) is 6.54 Å². The molecule has 1 amide bonds. The molecule has 0 radical (unpaired) electrons. The minimum atomic E-state index is -0.304. The van der Waals surface area contributed by atoms with E-state index in [1.165, 1.54) is 16.9 Å². The molecule has 2 aromatic carbocycles. The fourth-order valence-electron chi connectivity index (χ4n) is 2.36. The Morgan fingerprint density at radius 2 is 2.04 bits per heavy atom. The Morgan fingerprint density at radius 1 is 1.21 bits per heavy atom. The van der Waals surface area contributed by atoms with Gasteiger partial charge in [-0.1, -0.05) is 35.0 Å². The van der Waals surface area contributed by atoms with Gasteiger partial charge in [-0.3, -0.25) is 4.79 Å². The van der Waals surface area contributed by atoms with Gasteiger partial charge in [-0.05, 0) is 43.2 Å². The zero-order valence-corrected chi connectivity index (χ0v) is 13.5. The lowest BCUT2D eigenvalue weighted by atomic mass is 10.1. The van der Waals surface area contributed by atoms with Gasteiger partial charge in [-0.25, -0.2) is 9.07 Å². The molecule has 0 saturated heterocycles. The van der Waals surface area contributed by atoms with Crippen molar-refractivity contribution < 1.29 is 9.18 Å². The van der Waals surface area contributed by atoms with Crippen LogP contribution in [0.4, 0.5) is 4.39 Å². The van der Waals surface area contributed by atoms with Crippen molar-refractivity contribution in [3.63, 3.8) is 0 Å². The number of nitrogens with one attached hydrogen (secondary N) is 1. The van der Waals surface area contributed by atoms with E-state index in [0.29, 0.717) is 17.8 Å². The third-order valence-electron chi connectivity index (χ3n) is 3.67. The van der Waals surface area contributed by atoms with E-state index in [-0.39, 0.29) is 17.4 Å². The molecule has 1 N–H and O–H groups in total. The number of carbonyl (C=O) groups is 1. The summed E-state index contributed by atoms with van der Waals surface area (Å²) in [5.74, 6) is -0.587. The Bertz CT molecular complexity index is 888. The van der Waals surface area contributed by atoms with Crippen LogP contribution in [0.1, 0.15) is 27.2 Å². The summed E-state index contributed by atoms with van der Waals surface area (Å²) >= 11 is 0. The number of aromatic nitrogens is 3. The maximum Gasteiger partial charge on any atom is 0.273 e. The summed E-state index contributed by atoms with van der Waals surface area (Å²) in [6.07, 6.45) is 1.53. The molecule has 0 unspecified atom stereocenters. The molecule has 3 aromatic rings. The van der Waals surface area contributed by atoms with Crippen LogP contribution in [0.2, 0.25) is 0 Å². The molecule has 0 bridgehead atoms. The minimum absolute atomic E-state index is 0.213. The number of hydrogen-bond donors (Lipinski definition) is 1. The van der Waals surface area contributed by atoms with E-state index >= 15 is 0 Å². The summed E-state index contributed by atoms with van der Waals surface area (Å²) in [4.78, 5) is 12.2. The minimum Gasteiger partial charge on any atom is -0.347 e. The zero-order chi connectivity index (χ0) is 17.1. The number of halogens is 1. The fourth-order valence-corrected chi connectivity index (χ4v) is 2.36. The van der Waals surface area contributed by atoms with Gasteiger partial charge in [-0.15, -0.1) is 5.10 Å². The topological polar surface area (TPSA) is 59.8 Å². The molecule has 5 nitrogen and oxygen atoms in total. The van der Waals surface area contributed by atoms with Crippen LogP contribution >= 0.6 is 0 Å². The fraction of sp³-hybridized carbons (Fsp3) is 0.167. The molecule has 0 aliphatic heterocycles. The van der Waals surface area contributed by atoms with Crippen LogP contribution in [-0.4, -0.2) is 20.9 Å². The van der Waals surface area contributed by atoms with Crippen molar-refractivity contribution in [3.05, 3.63) is 76.9 Å². The molecule has 24 heavy (non-hydrogen) atoms. The molecule has 0 fully saturated rings. The highest BCUT2D eigenvalue weighted by atomic mass is 19.1. The molecular formula is C18H17FN4O. The van der Waals surface area contributed by atoms with Crippen molar-refractivity contribution in [2.45, 2.75) is 20.4 Å². The van der Waals surface area contributed by atoms with Crippen LogP contribution in [0.3, 0.4) is 0 Å². The van der Waals surface area contributed by atoms with Gasteiger partial charge in [0.1, 0.15) is 5.82 Å². The summed E-state index contributed by atoms with van der Waals surface area (Å²) in [5, 5.41) is 10.6. The maximum absolute atomic E-state index is 13.3. The number of amides is 1. The molecule has 0 spiro atoms. The van der Waals surface area contributed by atoms with Crippen LogP contribution in [0.5, 0.6) is 0 Å². The molecule has 0 aliphatic carbocycles. The Labute approximate surface area is 139 Å². The van der Waals surface area contributed by atoms with Gasteiger partial charge in [0.15, 0.2) is 5.69 Å². The van der Waals surface area contributed by atoms with E-state index in [4.69, 9.17) is 0 Å². The van der Waals surface area contributed by atoms with E-state index in [9.17, 15) is 9.18 Å². The highest BCUT2D eigenvalue weighted by Gasteiger charge is 2.12. The number of benzene rings is 2. The molecular weight excluding hydrogens is 307 g/mol. The second-order valence-electron chi connectivity index (χ2n) is 5.65. The molecule has 122 valence electrons. The van der Waals surface area contributed by atoms with E-state index in [0.717, 1.165) is 11.1 Å². The van der Waals surface area contributed by atoms with Gasteiger partial charge < -0.3 is 5.32 Å². The second-order valence-corrected chi connectivity index (χ2v) is 5.65. The molecule has 1 heterocycles. The second kappa shape index (κ2) is 6.62. The van der Waals surface area contributed by atoms with Crippen LogP contribution in [0, 0.1) is 19.7 Å². The van der Waals surface area contributed by atoms with Gasteiger partial charge in [0.05, 0.1) is 11.9 Å². The van der Waals surface area contributed by atoms with Crippen molar-refractivity contribution in [1.29, 1.82) is 0 Å². The average Bonchev–Trinajstić information content (AvgIpc) is 3.05. The third kappa shape index (κ3) is 3.48. The lowest BCUT2D eigenvalue weighted by Gasteiger charge is -2.04. The molecule has 0 atom stereocenters. The normalized spacial score (nSPS) is 10.6. The number of nitrogens with zero attached hydrogens (tertiary/aromatic N) is 3.